The zero-order valence-corrected chi connectivity index (χ0v) is 16.1. The predicted molar refractivity (Wildman–Crippen MR) is 98.2 cm³/mol. The van der Waals surface area contributed by atoms with Gasteiger partial charge in [-0.05, 0) is 39.0 Å². The zero-order valence-electron chi connectivity index (χ0n) is 16.1. The molecule has 25 heavy (non-hydrogen) atoms. The van der Waals surface area contributed by atoms with Crippen LogP contribution in [0, 0.1) is 5.92 Å². The van der Waals surface area contributed by atoms with Gasteiger partial charge in [-0.2, -0.15) is 0 Å². The van der Waals surface area contributed by atoms with Crippen molar-refractivity contribution in [3.05, 3.63) is 0 Å². The molecule has 6 heteroatoms. The maximum Gasteiger partial charge on any atom is 0.236 e. The number of hydrogen-bond donors (Lipinski definition) is 0. The molecule has 0 aromatic carbocycles. The summed E-state index contributed by atoms with van der Waals surface area (Å²) in [6, 6.07) is 0.917. The Balaban J connectivity index is 1.50. The summed E-state index contributed by atoms with van der Waals surface area (Å²) in [5, 5.41) is 0. The SMILES string of the molecule is CC(C)N1CCN(CC(=O)N2CC[C@@H]3[C@H](CCCC(=O)N3C)C2)CC1. The molecule has 0 spiro atoms. The Bertz CT molecular complexity index is 488. The van der Waals surface area contributed by atoms with Crippen LogP contribution in [0.15, 0.2) is 0 Å². The van der Waals surface area contributed by atoms with Crippen LogP contribution in [0.3, 0.4) is 0 Å². The van der Waals surface area contributed by atoms with Crippen molar-refractivity contribution >= 4 is 11.8 Å². The number of nitrogens with zero attached hydrogens (tertiary/aromatic N) is 4. The topological polar surface area (TPSA) is 47.1 Å². The van der Waals surface area contributed by atoms with Gasteiger partial charge < -0.3 is 9.80 Å². The predicted octanol–water partition coefficient (Wildman–Crippen LogP) is 0.872. The van der Waals surface area contributed by atoms with E-state index >= 15 is 0 Å². The van der Waals surface area contributed by atoms with Crippen molar-refractivity contribution in [2.45, 2.75) is 51.6 Å². The highest BCUT2D eigenvalue weighted by molar-refractivity contribution is 5.79. The Morgan fingerprint density at radius 2 is 1.84 bits per heavy atom. The molecule has 0 aromatic rings. The molecule has 3 rings (SSSR count). The van der Waals surface area contributed by atoms with E-state index in [-0.39, 0.29) is 11.8 Å². The van der Waals surface area contributed by atoms with E-state index in [9.17, 15) is 9.59 Å². The van der Waals surface area contributed by atoms with Crippen LogP contribution in [0.1, 0.15) is 39.5 Å². The monoisotopic (exact) mass is 350 g/mol. The van der Waals surface area contributed by atoms with Gasteiger partial charge in [0.2, 0.25) is 11.8 Å². The molecule has 3 heterocycles. The van der Waals surface area contributed by atoms with E-state index in [1.165, 1.54) is 0 Å². The molecular weight excluding hydrogens is 316 g/mol. The van der Waals surface area contributed by atoms with Gasteiger partial charge in [0.15, 0.2) is 0 Å². The van der Waals surface area contributed by atoms with Crippen LogP contribution in [0.2, 0.25) is 0 Å². The van der Waals surface area contributed by atoms with Gasteiger partial charge in [-0.25, -0.2) is 0 Å². The lowest BCUT2D eigenvalue weighted by Crippen LogP contribution is -2.55. The van der Waals surface area contributed by atoms with E-state index in [0.717, 1.165) is 58.5 Å². The lowest BCUT2D eigenvalue weighted by atomic mass is 9.88. The van der Waals surface area contributed by atoms with Crippen molar-refractivity contribution in [1.82, 2.24) is 19.6 Å². The number of fused-ring (bicyclic) bond motifs is 1. The first kappa shape index (κ1) is 18.6. The Morgan fingerprint density at radius 3 is 2.52 bits per heavy atom. The van der Waals surface area contributed by atoms with E-state index in [2.05, 4.69) is 28.5 Å². The smallest absolute Gasteiger partial charge is 0.236 e. The molecule has 3 fully saturated rings. The second kappa shape index (κ2) is 8.04. The molecule has 0 radical (unpaired) electrons. The molecule has 3 saturated heterocycles. The summed E-state index contributed by atoms with van der Waals surface area (Å²) in [6.45, 7) is 10.7. The summed E-state index contributed by atoms with van der Waals surface area (Å²) in [4.78, 5) is 33.6. The quantitative estimate of drug-likeness (QED) is 0.758. The number of amides is 2. The second-order valence-electron chi connectivity index (χ2n) is 8.26. The van der Waals surface area contributed by atoms with Gasteiger partial charge in [-0.3, -0.25) is 19.4 Å². The van der Waals surface area contributed by atoms with Gasteiger partial charge in [-0.1, -0.05) is 0 Å². The summed E-state index contributed by atoms with van der Waals surface area (Å²) in [7, 11) is 1.94. The molecule has 0 aromatic heterocycles. The molecular formula is C19H34N4O2. The number of hydrogen-bond acceptors (Lipinski definition) is 4. The number of rotatable bonds is 3. The summed E-state index contributed by atoms with van der Waals surface area (Å²) < 4.78 is 0. The fourth-order valence-electron chi connectivity index (χ4n) is 4.65. The molecule has 3 aliphatic rings. The largest absolute Gasteiger partial charge is 0.342 e. The minimum atomic E-state index is 0.273. The standard InChI is InChI=1S/C19H34N4O2/c1-15(2)22-11-9-21(10-12-22)14-19(25)23-8-7-17-16(13-23)5-4-6-18(24)20(17)3/h15-17H,4-14H2,1-3H3/t16-,17-/m1/s1. The fourth-order valence-corrected chi connectivity index (χ4v) is 4.65. The third kappa shape index (κ3) is 4.34. The zero-order chi connectivity index (χ0) is 18.0. The number of piperidine rings is 1. The van der Waals surface area contributed by atoms with Crippen molar-refractivity contribution in [2.24, 2.45) is 5.92 Å². The van der Waals surface area contributed by atoms with Crippen LogP contribution >= 0.6 is 0 Å². The lowest BCUT2D eigenvalue weighted by molar-refractivity contribution is -0.137. The minimum absolute atomic E-state index is 0.273. The summed E-state index contributed by atoms with van der Waals surface area (Å²) in [6.07, 6.45) is 3.62. The van der Waals surface area contributed by atoms with E-state index in [4.69, 9.17) is 0 Å². The number of carbonyl (C=O) groups is 2. The first-order chi connectivity index (χ1) is 12.0. The molecule has 0 bridgehead atoms. The Labute approximate surface area is 152 Å². The normalized spacial score (nSPS) is 29.7. The summed E-state index contributed by atoms with van der Waals surface area (Å²) in [5.41, 5.74) is 0. The van der Waals surface area contributed by atoms with Gasteiger partial charge in [0.05, 0.1) is 6.54 Å². The minimum Gasteiger partial charge on any atom is -0.342 e. The fraction of sp³-hybridized carbons (Fsp3) is 0.895. The number of likely N-dealkylation sites (tertiary alicyclic amines) is 2. The van der Waals surface area contributed by atoms with Crippen LogP contribution in [-0.4, -0.2) is 96.4 Å². The van der Waals surface area contributed by atoms with Gasteiger partial charge in [0.25, 0.3) is 0 Å². The summed E-state index contributed by atoms with van der Waals surface area (Å²) >= 11 is 0. The Kier molecular flexibility index (Phi) is 6.00. The molecule has 6 nitrogen and oxygen atoms in total. The van der Waals surface area contributed by atoms with Gasteiger partial charge in [0, 0.05) is 64.8 Å². The van der Waals surface area contributed by atoms with Crippen molar-refractivity contribution in [3.8, 4) is 0 Å². The van der Waals surface area contributed by atoms with Crippen LogP contribution in [0.5, 0.6) is 0 Å². The van der Waals surface area contributed by atoms with Gasteiger partial charge >= 0.3 is 0 Å². The van der Waals surface area contributed by atoms with Crippen molar-refractivity contribution in [1.29, 1.82) is 0 Å². The number of carbonyl (C=O) groups excluding carboxylic acids is 2. The highest BCUT2D eigenvalue weighted by Crippen LogP contribution is 2.29. The molecule has 0 N–H and O–H groups in total. The van der Waals surface area contributed by atoms with Gasteiger partial charge in [0.1, 0.15) is 0 Å². The van der Waals surface area contributed by atoms with Crippen LogP contribution in [0.4, 0.5) is 0 Å². The first-order valence-electron chi connectivity index (χ1n) is 9.95. The van der Waals surface area contributed by atoms with Gasteiger partial charge in [-0.15, -0.1) is 0 Å². The Hall–Kier alpha value is -1.14. The molecule has 0 saturated carbocycles. The molecule has 2 atom stereocenters. The van der Waals surface area contributed by atoms with Crippen LogP contribution < -0.4 is 0 Å². The Morgan fingerprint density at radius 1 is 1.12 bits per heavy atom. The van der Waals surface area contributed by atoms with Crippen LogP contribution in [0.25, 0.3) is 0 Å². The third-order valence-corrected chi connectivity index (χ3v) is 6.40. The highest BCUT2D eigenvalue weighted by Gasteiger charge is 2.37. The number of piperazine rings is 1. The molecule has 2 amide bonds. The van der Waals surface area contributed by atoms with E-state index in [1.54, 1.807) is 0 Å². The average molecular weight is 351 g/mol. The maximum absolute atomic E-state index is 12.8. The van der Waals surface area contributed by atoms with Crippen molar-refractivity contribution in [3.63, 3.8) is 0 Å². The van der Waals surface area contributed by atoms with E-state index < -0.39 is 0 Å². The van der Waals surface area contributed by atoms with E-state index in [1.807, 2.05) is 11.9 Å². The van der Waals surface area contributed by atoms with E-state index in [0.29, 0.717) is 31.0 Å². The molecule has 3 aliphatic heterocycles. The van der Waals surface area contributed by atoms with Crippen molar-refractivity contribution in [2.75, 3.05) is 52.9 Å². The third-order valence-electron chi connectivity index (χ3n) is 6.40. The molecule has 142 valence electrons. The van der Waals surface area contributed by atoms with Crippen molar-refractivity contribution < 1.29 is 9.59 Å². The molecule has 0 unspecified atom stereocenters. The second-order valence-corrected chi connectivity index (χ2v) is 8.26. The average Bonchev–Trinajstić information content (AvgIpc) is 2.74. The summed E-state index contributed by atoms with van der Waals surface area (Å²) in [5.74, 6) is 0.997. The lowest BCUT2D eigenvalue weighted by Gasteiger charge is -2.42. The maximum atomic E-state index is 12.8. The highest BCUT2D eigenvalue weighted by atomic mass is 16.2. The van der Waals surface area contributed by atoms with Crippen LogP contribution in [-0.2, 0) is 9.59 Å². The first-order valence-corrected chi connectivity index (χ1v) is 9.95. The molecule has 0 aliphatic carbocycles.